The molecule has 0 amide bonds. The van der Waals surface area contributed by atoms with Gasteiger partial charge in [0.15, 0.2) is 0 Å². The van der Waals surface area contributed by atoms with Crippen LogP contribution in [0.3, 0.4) is 0 Å². The average molecular weight is 136 g/mol. The SMILES string of the molecule is C[C@@]12C3CCC[C@@H]1CCC32. The lowest BCUT2D eigenvalue weighted by atomic mass is 9.79. The highest BCUT2D eigenvalue weighted by Crippen LogP contribution is 2.75. The van der Waals surface area contributed by atoms with Crippen LogP contribution in [0.25, 0.3) is 0 Å². The van der Waals surface area contributed by atoms with Gasteiger partial charge in [0.25, 0.3) is 0 Å². The Hall–Kier alpha value is 0. The maximum absolute atomic E-state index is 2.55. The Kier molecular flexibility index (Phi) is 0.810. The van der Waals surface area contributed by atoms with Crippen molar-refractivity contribution < 1.29 is 0 Å². The van der Waals surface area contributed by atoms with Crippen molar-refractivity contribution in [2.24, 2.45) is 23.2 Å². The van der Waals surface area contributed by atoms with E-state index in [0.717, 1.165) is 11.3 Å². The van der Waals surface area contributed by atoms with Gasteiger partial charge in [0, 0.05) is 0 Å². The summed E-state index contributed by atoms with van der Waals surface area (Å²) in [5, 5.41) is 0. The molecule has 0 heteroatoms. The van der Waals surface area contributed by atoms with Crippen molar-refractivity contribution in [1.82, 2.24) is 0 Å². The predicted molar refractivity (Wildman–Crippen MR) is 41.7 cm³/mol. The standard InChI is InChI=1S/C10H16/c1-10-7-3-2-4-8(10)9(10)6-5-7/h7-9H,2-6H2,1H3/t7-,8?,9?,10+/m1/s1. The Balaban J connectivity index is 1.98. The van der Waals surface area contributed by atoms with Crippen LogP contribution in [-0.2, 0) is 0 Å². The largest absolute Gasteiger partial charge is 0.0588 e. The van der Waals surface area contributed by atoms with E-state index in [0.29, 0.717) is 0 Å². The van der Waals surface area contributed by atoms with E-state index in [4.69, 9.17) is 0 Å². The van der Waals surface area contributed by atoms with Gasteiger partial charge in [-0.15, -0.1) is 0 Å². The summed E-state index contributed by atoms with van der Waals surface area (Å²) in [5.41, 5.74) is 0.873. The van der Waals surface area contributed by atoms with Crippen molar-refractivity contribution >= 4 is 0 Å². The molecule has 10 heavy (non-hydrogen) atoms. The average Bonchev–Trinajstić information content (AvgIpc) is 2.26. The zero-order valence-corrected chi connectivity index (χ0v) is 6.77. The Bertz CT molecular complexity index is 163. The Morgan fingerprint density at radius 3 is 2.50 bits per heavy atom. The van der Waals surface area contributed by atoms with Crippen LogP contribution in [0, 0.1) is 23.2 Å². The first kappa shape index (κ1) is 5.62. The normalized spacial score (nSPS) is 63.9. The summed E-state index contributed by atoms with van der Waals surface area (Å²) in [6.07, 6.45) is 7.81. The van der Waals surface area contributed by atoms with E-state index in [1.165, 1.54) is 11.8 Å². The van der Waals surface area contributed by atoms with Gasteiger partial charge in [-0.1, -0.05) is 13.3 Å². The molecule has 0 aromatic rings. The van der Waals surface area contributed by atoms with Crippen molar-refractivity contribution in [1.29, 1.82) is 0 Å². The second-order valence-electron chi connectivity index (χ2n) is 4.78. The second-order valence-corrected chi connectivity index (χ2v) is 4.78. The molecule has 0 aromatic carbocycles. The fourth-order valence-corrected chi connectivity index (χ4v) is 4.08. The maximum Gasteiger partial charge on any atom is -0.0235 e. The second kappa shape index (κ2) is 1.44. The van der Waals surface area contributed by atoms with Gasteiger partial charge in [-0.2, -0.15) is 0 Å². The number of rotatable bonds is 0. The molecule has 0 aliphatic heterocycles. The van der Waals surface area contributed by atoms with Crippen LogP contribution in [0.5, 0.6) is 0 Å². The molecular weight excluding hydrogens is 120 g/mol. The lowest BCUT2D eigenvalue weighted by Crippen LogP contribution is -2.16. The summed E-state index contributed by atoms with van der Waals surface area (Å²) in [7, 11) is 0. The molecule has 56 valence electrons. The molecule has 0 saturated heterocycles. The Morgan fingerprint density at radius 1 is 1.00 bits per heavy atom. The molecule has 3 fully saturated rings. The molecule has 2 unspecified atom stereocenters. The molecule has 3 aliphatic rings. The molecule has 0 nitrogen and oxygen atoms in total. The molecule has 0 radical (unpaired) electrons. The topological polar surface area (TPSA) is 0 Å². The number of hydrogen-bond acceptors (Lipinski definition) is 0. The first-order valence-electron chi connectivity index (χ1n) is 4.83. The minimum absolute atomic E-state index is 0.873. The van der Waals surface area contributed by atoms with Crippen LogP contribution in [0.4, 0.5) is 0 Å². The minimum atomic E-state index is 0.873. The third-order valence-electron chi connectivity index (χ3n) is 4.75. The van der Waals surface area contributed by atoms with E-state index < -0.39 is 0 Å². The van der Waals surface area contributed by atoms with Crippen LogP contribution in [-0.4, -0.2) is 0 Å². The third kappa shape index (κ3) is 0.408. The highest BCUT2D eigenvalue weighted by atomic mass is 14.7. The zero-order chi connectivity index (χ0) is 6.77. The van der Waals surface area contributed by atoms with Gasteiger partial charge >= 0.3 is 0 Å². The van der Waals surface area contributed by atoms with Crippen LogP contribution < -0.4 is 0 Å². The van der Waals surface area contributed by atoms with Crippen molar-refractivity contribution in [3.8, 4) is 0 Å². The van der Waals surface area contributed by atoms with Crippen molar-refractivity contribution in [3.05, 3.63) is 0 Å². The summed E-state index contributed by atoms with van der Waals surface area (Å²) in [5.74, 6) is 3.51. The first-order chi connectivity index (χ1) is 4.83. The lowest BCUT2D eigenvalue weighted by Gasteiger charge is -2.26. The highest BCUT2D eigenvalue weighted by Gasteiger charge is 2.68. The monoisotopic (exact) mass is 136 g/mol. The van der Waals surface area contributed by atoms with E-state index in [1.54, 1.807) is 32.1 Å². The Morgan fingerprint density at radius 2 is 1.80 bits per heavy atom. The number of hydrogen-bond donors (Lipinski definition) is 0. The van der Waals surface area contributed by atoms with E-state index in [-0.39, 0.29) is 0 Å². The quantitative estimate of drug-likeness (QED) is 0.480. The lowest BCUT2D eigenvalue weighted by molar-refractivity contribution is 0.241. The summed E-state index contributed by atoms with van der Waals surface area (Å²) in [6, 6.07) is 0. The van der Waals surface area contributed by atoms with Crippen LogP contribution in [0.1, 0.15) is 39.0 Å². The van der Waals surface area contributed by atoms with E-state index in [1.807, 2.05) is 0 Å². The van der Waals surface area contributed by atoms with Gasteiger partial charge in [-0.3, -0.25) is 0 Å². The molecule has 0 N–H and O–H groups in total. The molecule has 3 rings (SSSR count). The fraction of sp³-hybridized carbons (Fsp3) is 1.00. The summed E-state index contributed by atoms with van der Waals surface area (Å²) in [4.78, 5) is 0. The van der Waals surface area contributed by atoms with Crippen molar-refractivity contribution in [2.75, 3.05) is 0 Å². The first-order valence-corrected chi connectivity index (χ1v) is 4.83. The molecule has 4 atom stereocenters. The van der Waals surface area contributed by atoms with Gasteiger partial charge in [-0.25, -0.2) is 0 Å². The van der Waals surface area contributed by atoms with Crippen LogP contribution in [0.15, 0.2) is 0 Å². The smallest absolute Gasteiger partial charge is 0.0235 e. The highest BCUT2D eigenvalue weighted by molar-refractivity contribution is 5.16. The summed E-state index contributed by atoms with van der Waals surface area (Å²) >= 11 is 0. The van der Waals surface area contributed by atoms with Gasteiger partial charge < -0.3 is 0 Å². The molecule has 0 heterocycles. The number of fused-ring (bicyclic) bond motifs is 1. The Labute approximate surface area is 63.0 Å². The molecule has 3 aliphatic carbocycles. The van der Waals surface area contributed by atoms with Gasteiger partial charge in [0.2, 0.25) is 0 Å². The molecular formula is C10H16. The van der Waals surface area contributed by atoms with Crippen LogP contribution in [0.2, 0.25) is 0 Å². The van der Waals surface area contributed by atoms with Gasteiger partial charge in [-0.05, 0) is 48.9 Å². The summed E-state index contributed by atoms with van der Waals surface area (Å²) in [6.45, 7) is 2.55. The molecule has 0 spiro atoms. The fourth-order valence-electron chi connectivity index (χ4n) is 4.08. The van der Waals surface area contributed by atoms with E-state index in [2.05, 4.69) is 6.92 Å². The van der Waals surface area contributed by atoms with Crippen LogP contribution >= 0.6 is 0 Å². The molecule has 3 saturated carbocycles. The zero-order valence-electron chi connectivity index (χ0n) is 6.77. The maximum atomic E-state index is 2.55. The van der Waals surface area contributed by atoms with E-state index in [9.17, 15) is 0 Å². The van der Waals surface area contributed by atoms with Crippen molar-refractivity contribution in [3.63, 3.8) is 0 Å². The van der Waals surface area contributed by atoms with Crippen molar-refractivity contribution in [2.45, 2.75) is 39.0 Å². The van der Waals surface area contributed by atoms with E-state index >= 15 is 0 Å². The summed E-state index contributed by atoms with van der Waals surface area (Å²) < 4.78 is 0. The minimum Gasteiger partial charge on any atom is -0.0588 e. The van der Waals surface area contributed by atoms with Gasteiger partial charge in [0.1, 0.15) is 0 Å². The third-order valence-corrected chi connectivity index (χ3v) is 4.75. The molecule has 0 aromatic heterocycles. The molecule has 0 bridgehead atoms. The van der Waals surface area contributed by atoms with Gasteiger partial charge in [0.05, 0.1) is 0 Å². The predicted octanol–water partition coefficient (Wildman–Crippen LogP) is 2.83.